The standard InChI is InChI=1S/C20H20ClN5O2/c1-12(27)22-19-24-20-23-17(13-5-9-16(28-2)10-6-13)11-18(26(20)25-19)14-3-7-15(21)8-4-14/h3-10,17-18H,11H2,1-2H3,(H2,22,23,24,25,27)/t17-,18+/m0/s1. The first-order chi connectivity index (χ1) is 13.5. The Morgan fingerprint density at radius 1 is 1.18 bits per heavy atom. The lowest BCUT2D eigenvalue weighted by Gasteiger charge is -2.31. The number of benzene rings is 2. The van der Waals surface area contributed by atoms with E-state index in [4.69, 9.17) is 16.3 Å². The molecule has 0 saturated carbocycles. The van der Waals surface area contributed by atoms with Crippen molar-refractivity contribution >= 4 is 29.4 Å². The maximum atomic E-state index is 11.4. The molecule has 0 fully saturated rings. The number of rotatable bonds is 4. The molecule has 7 nitrogen and oxygen atoms in total. The number of nitrogens with zero attached hydrogens (tertiary/aromatic N) is 3. The van der Waals surface area contributed by atoms with E-state index < -0.39 is 0 Å². The van der Waals surface area contributed by atoms with E-state index in [1.165, 1.54) is 6.92 Å². The molecular weight excluding hydrogens is 378 g/mol. The smallest absolute Gasteiger partial charge is 0.250 e. The summed E-state index contributed by atoms with van der Waals surface area (Å²) < 4.78 is 7.07. The normalized spacial score (nSPS) is 18.1. The molecule has 28 heavy (non-hydrogen) atoms. The second-order valence-corrected chi connectivity index (χ2v) is 7.09. The molecule has 1 amide bonds. The number of amides is 1. The number of carbonyl (C=O) groups is 1. The maximum Gasteiger partial charge on any atom is 0.250 e. The van der Waals surface area contributed by atoms with Crippen LogP contribution in [0.5, 0.6) is 5.75 Å². The zero-order chi connectivity index (χ0) is 19.7. The van der Waals surface area contributed by atoms with Gasteiger partial charge >= 0.3 is 0 Å². The first kappa shape index (κ1) is 18.3. The Bertz CT molecular complexity index is 985. The molecule has 2 aromatic carbocycles. The predicted octanol–water partition coefficient (Wildman–Crippen LogP) is 4.04. The molecule has 0 spiro atoms. The van der Waals surface area contributed by atoms with E-state index >= 15 is 0 Å². The van der Waals surface area contributed by atoms with Gasteiger partial charge in [0, 0.05) is 11.9 Å². The quantitative estimate of drug-likeness (QED) is 0.694. The fourth-order valence-electron chi connectivity index (χ4n) is 3.41. The van der Waals surface area contributed by atoms with Gasteiger partial charge in [0.15, 0.2) is 0 Å². The number of carbonyl (C=O) groups excluding carboxylic acids is 1. The van der Waals surface area contributed by atoms with Crippen LogP contribution in [0.15, 0.2) is 48.5 Å². The molecule has 1 aliphatic rings. The predicted molar refractivity (Wildman–Crippen MR) is 108 cm³/mol. The fourth-order valence-corrected chi connectivity index (χ4v) is 3.53. The summed E-state index contributed by atoms with van der Waals surface area (Å²) in [6.45, 7) is 1.43. The molecule has 4 rings (SSSR count). The summed E-state index contributed by atoms with van der Waals surface area (Å²) in [6.07, 6.45) is 0.768. The molecule has 1 aromatic heterocycles. The highest BCUT2D eigenvalue weighted by atomic mass is 35.5. The topological polar surface area (TPSA) is 81.1 Å². The van der Waals surface area contributed by atoms with Crippen LogP contribution < -0.4 is 15.4 Å². The Morgan fingerprint density at radius 2 is 1.86 bits per heavy atom. The summed E-state index contributed by atoms with van der Waals surface area (Å²) in [4.78, 5) is 15.9. The van der Waals surface area contributed by atoms with Crippen LogP contribution in [0.4, 0.5) is 11.9 Å². The van der Waals surface area contributed by atoms with Crippen LogP contribution >= 0.6 is 11.6 Å². The zero-order valence-electron chi connectivity index (χ0n) is 15.5. The number of anilines is 2. The van der Waals surface area contributed by atoms with Crippen LogP contribution in [0.2, 0.25) is 5.02 Å². The van der Waals surface area contributed by atoms with Gasteiger partial charge in [-0.2, -0.15) is 4.98 Å². The molecule has 0 aliphatic carbocycles. The molecule has 0 bridgehead atoms. The van der Waals surface area contributed by atoms with Crippen molar-refractivity contribution in [3.8, 4) is 5.75 Å². The van der Waals surface area contributed by atoms with Crippen molar-refractivity contribution in [2.75, 3.05) is 17.7 Å². The van der Waals surface area contributed by atoms with Crippen molar-refractivity contribution in [2.24, 2.45) is 0 Å². The third-order valence-corrected chi connectivity index (χ3v) is 5.00. The number of hydrogen-bond donors (Lipinski definition) is 2. The van der Waals surface area contributed by atoms with Crippen molar-refractivity contribution in [1.82, 2.24) is 14.8 Å². The van der Waals surface area contributed by atoms with E-state index in [9.17, 15) is 4.79 Å². The van der Waals surface area contributed by atoms with Crippen LogP contribution in [0, 0.1) is 0 Å². The summed E-state index contributed by atoms with van der Waals surface area (Å²) in [7, 11) is 1.65. The highest BCUT2D eigenvalue weighted by molar-refractivity contribution is 6.30. The SMILES string of the molecule is COc1ccc([C@@H]2C[C@H](c3ccc(Cl)cc3)n3nc(NC(C)=O)nc3N2)cc1. The van der Waals surface area contributed by atoms with E-state index in [1.54, 1.807) is 7.11 Å². The van der Waals surface area contributed by atoms with Gasteiger partial charge in [0.1, 0.15) is 5.75 Å². The molecule has 2 heterocycles. The van der Waals surface area contributed by atoms with Gasteiger partial charge in [-0.15, -0.1) is 5.10 Å². The maximum absolute atomic E-state index is 11.4. The first-order valence-corrected chi connectivity index (χ1v) is 9.31. The van der Waals surface area contributed by atoms with Crippen molar-refractivity contribution in [2.45, 2.75) is 25.4 Å². The number of methoxy groups -OCH3 is 1. The average molecular weight is 398 g/mol. The van der Waals surface area contributed by atoms with Crippen molar-refractivity contribution < 1.29 is 9.53 Å². The minimum Gasteiger partial charge on any atom is -0.497 e. The number of ether oxygens (including phenoxy) is 1. The molecule has 2 atom stereocenters. The number of aromatic nitrogens is 3. The minimum absolute atomic E-state index is 0.0356. The molecular formula is C20H20ClN5O2. The fraction of sp³-hybridized carbons (Fsp3) is 0.250. The van der Waals surface area contributed by atoms with Gasteiger partial charge in [-0.25, -0.2) is 4.68 Å². The molecule has 0 saturated heterocycles. The molecule has 144 valence electrons. The van der Waals surface area contributed by atoms with Crippen LogP contribution in [0.3, 0.4) is 0 Å². The molecule has 2 N–H and O–H groups in total. The van der Waals surface area contributed by atoms with Crippen molar-refractivity contribution in [1.29, 1.82) is 0 Å². The lowest BCUT2D eigenvalue weighted by molar-refractivity contribution is -0.114. The Kier molecular flexibility index (Phi) is 4.92. The number of fused-ring (bicyclic) bond motifs is 1. The molecule has 0 radical (unpaired) electrons. The first-order valence-electron chi connectivity index (χ1n) is 8.93. The van der Waals surface area contributed by atoms with Gasteiger partial charge in [0.2, 0.25) is 11.9 Å². The van der Waals surface area contributed by atoms with Crippen LogP contribution in [-0.2, 0) is 4.79 Å². The average Bonchev–Trinajstić information content (AvgIpc) is 3.09. The van der Waals surface area contributed by atoms with Crippen molar-refractivity contribution in [3.63, 3.8) is 0 Å². The Morgan fingerprint density at radius 3 is 2.50 bits per heavy atom. The van der Waals surface area contributed by atoms with Crippen LogP contribution in [0.1, 0.15) is 36.6 Å². The van der Waals surface area contributed by atoms with E-state index in [2.05, 4.69) is 20.7 Å². The third-order valence-electron chi connectivity index (χ3n) is 4.75. The molecule has 3 aromatic rings. The van der Waals surface area contributed by atoms with E-state index in [0.717, 1.165) is 23.3 Å². The van der Waals surface area contributed by atoms with Gasteiger partial charge in [0.25, 0.3) is 5.95 Å². The van der Waals surface area contributed by atoms with E-state index in [0.29, 0.717) is 11.0 Å². The lowest BCUT2D eigenvalue weighted by atomic mass is 9.93. The summed E-state index contributed by atoms with van der Waals surface area (Å²) in [5, 5.41) is 11.2. The molecule has 8 heteroatoms. The summed E-state index contributed by atoms with van der Waals surface area (Å²) in [6, 6.07) is 15.7. The molecule has 1 aliphatic heterocycles. The zero-order valence-corrected chi connectivity index (χ0v) is 16.3. The van der Waals surface area contributed by atoms with Gasteiger partial charge in [-0.05, 0) is 41.8 Å². The minimum atomic E-state index is -0.210. The lowest BCUT2D eigenvalue weighted by Crippen LogP contribution is -2.28. The van der Waals surface area contributed by atoms with Gasteiger partial charge < -0.3 is 10.1 Å². The van der Waals surface area contributed by atoms with E-state index in [-0.39, 0.29) is 23.9 Å². The Labute approximate surface area is 167 Å². The summed E-state index contributed by atoms with van der Waals surface area (Å²) >= 11 is 6.06. The third kappa shape index (κ3) is 3.66. The summed E-state index contributed by atoms with van der Waals surface area (Å²) in [5.41, 5.74) is 2.19. The van der Waals surface area contributed by atoms with Gasteiger partial charge in [0.05, 0.1) is 19.2 Å². The van der Waals surface area contributed by atoms with E-state index in [1.807, 2.05) is 53.2 Å². The Hall–Kier alpha value is -3.06. The second-order valence-electron chi connectivity index (χ2n) is 6.66. The highest BCUT2D eigenvalue weighted by Crippen LogP contribution is 2.38. The monoisotopic (exact) mass is 397 g/mol. The van der Waals surface area contributed by atoms with Gasteiger partial charge in [-0.3, -0.25) is 10.1 Å². The molecule has 0 unspecified atom stereocenters. The van der Waals surface area contributed by atoms with Crippen molar-refractivity contribution in [3.05, 3.63) is 64.7 Å². The number of hydrogen-bond acceptors (Lipinski definition) is 5. The number of nitrogens with one attached hydrogen (secondary N) is 2. The second kappa shape index (κ2) is 7.52. The van der Waals surface area contributed by atoms with Crippen LogP contribution in [0.25, 0.3) is 0 Å². The summed E-state index contributed by atoms with van der Waals surface area (Å²) in [5.74, 6) is 1.49. The number of halogens is 1. The Balaban J connectivity index is 1.72. The largest absolute Gasteiger partial charge is 0.497 e. The van der Waals surface area contributed by atoms with Gasteiger partial charge in [-0.1, -0.05) is 35.9 Å². The van der Waals surface area contributed by atoms with Crippen LogP contribution in [-0.4, -0.2) is 27.8 Å². The highest BCUT2D eigenvalue weighted by Gasteiger charge is 2.31.